The van der Waals surface area contributed by atoms with Gasteiger partial charge in [0.25, 0.3) is 11.6 Å². The number of rotatable bonds is 4. The van der Waals surface area contributed by atoms with Gasteiger partial charge in [-0.15, -0.1) is 0 Å². The molecule has 2 rings (SSSR count). The number of carbonyl (C=O) groups excluding carboxylic acids is 1. The monoisotopic (exact) mass is 300 g/mol. The third kappa shape index (κ3) is 3.09. The van der Waals surface area contributed by atoms with Gasteiger partial charge >= 0.3 is 5.97 Å². The van der Waals surface area contributed by atoms with E-state index < -0.39 is 16.8 Å². The number of hydrogen-bond donors (Lipinski definition) is 2. The standard InChI is InChI=1S/C15H12N2O5/c1-9-6-7-12(13(8-9)17(21)22)16-14(18)10-4-2-3-5-11(10)15(19)20/h2-8H,1H3,(H,16,18)(H,19,20). The molecule has 112 valence electrons. The lowest BCUT2D eigenvalue weighted by Crippen LogP contribution is -2.17. The first-order valence-corrected chi connectivity index (χ1v) is 6.29. The van der Waals surface area contributed by atoms with Gasteiger partial charge in [0.05, 0.1) is 16.1 Å². The summed E-state index contributed by atoms with van der Waals surface area (Å²) < 4.78 is 0. The fourth-order valence-corrected chi connectivity index (χ4v) is 1.96. The zero-order valence-electron chi connectivity index (χ0n) is 11.6. The fraction of sp³-hybridized carbons (Fsp3) is 0.0667. The van der Waals surface area contributed by atoms with Crippen molar-refractivity contribution in [3.63, 3.8) is 0 Å². The van der Waals surface area contributed by atoms with Crippen molar-refractivity contribution in [2.24, 2.45) is 0 Å². The van der Waals surface area contributed by atoms with E-state index in [9.17, 15) is 19.7 Å². The second kappa shape index (κ2) is 6.04. The first-order chi connectivity index (χ1) is 10.4. The van der Waals surface area contributed by atoms with Gasteiger partial charge in [0, 0.05) is 6.07 Å². The number of aryl methyl sites for hydroxylation is 1. The van der Waals surface area contributed by atoms with E-state index in [1.54, 1.807) is 13.0 Å². The molecule has 7 heteroatoms. The van der Waals surface area contributed by atoms with Gasteiger partial charge in [-0.2, -0.15) is 0 Å². The third-order valence-electron chi connectivity index (χ3n) is 3.00. The van der Waals surface area contributed by atoms with Crippen LogP contribution in [0.4, 0.5) is 11.4 Å². The van der Waals surface area contributed by atoms with E-state index in [2.05, 4.69) is 5.32 Å². The van der Waals surface area contributed by atoms with Crippen LogP contribution in [0.5, 0.6) is 0 Å². The number of nitrogens with one attached hydrogen (secondary N) is 1. The molecule has 0 aliphatic heterocycles. The van der Waals surface area contributed by atoms with Crippen molar-refractivity contribution in [2.75, 3.05) is 5.32 Å². The van der Waals surface area contributed by atoms with Gasteiger partial charge in [0.1, 0.15) is 5.69 Å². The number of nitro benzene ring substituents is 1. The quantitative estimate of drug-likeness (QED) is 0.666. The topological polar surface area (TPSA) is 110 Å². The Balaban J connectivity index is 2.38. The van der Waals surface area contributed by atoms with E-state index in [1.165, 1.54) is 36.4 Å². The van der Waals surface area contributed by atoms with Crippen LogP contribution in [0.15, 0.2) is 42.5 Å². The highest BCUT2D eigenvalue weighted by molar-refractivity contribution is 6.11. The van der Waals surface area contributed by atoms with Crippen LogP contribution >= 0.6 is 0 Å². The Morgan fingerprint density at radius 1 is 1.14 bits per heavy atom. The van der Waals surface area contributed by atoms with Gasteiger partial charge in [-0.1, -0.05) is 18.2 Å². The number of carboxylic acids is 1. The van der Waals surface area contributed by atoms with Crippen LogP contribution in [0.3, 0.4) is 0 Å². The van der Waals surface area contributed by atoms with Gasteiger partial charge in [0.2, 0.25) is 0 Å². The zero-order chi connectivity index (χ0) is 16.3. The Kier molecular flexibility index (Phi) is 4.17. The summed E-state index contributed by atoms with van der Waals surface area (Å²) in [4.78, 5) is 33.7. The summed E-state index contributed by atoms with van der Waals surface area (Å²) in [7, 11) is 0. The van der Waals surface area contributed by atoms with Gasteiger partial charge in [-0.25, -0.2) is 4.79 Å². The summed E-state index contributed by atoms with van der Waals surface area (Å²) in [5, 5.41) is 22.5. The van der Waals surface area contributed by atoms with E-state index in [0.717, 1.165) is 0 Å². The van der Waals surface area contributed by atoms with Crippen molar-refractivity contribution in [3.8, 4) is 0 Å². The average Bonchev–Trinajstić information content (AvgIpc) is 2.48. The van der Waals surface area contributed by atoms with Crippen molar-refractivity contribution in [1.29, 1.82) is 0 Å². The number of carbonyl (C=O) groups is 2. The Morgan fingerprint density at radius 3 is 2.36 bits per heavy atom. The van der Waals surface area contributed by atoms with Crippen LogP contribution in [-0.4, -0.2) is 21.9 Å². The molecule has 0 atom stereocenters. The average molecular weight is 300 g/mol. The summed E-state index contributed by atoms with van der Waals surface area (Å²) in [6.07, 6.45) is 0. The number of carboxylic acid groups (broad SMARTS) is 1. The predicted octanol–water partition coefficient (Wildman–Crippen LogP) is 2.85. The molecule has 2 aromatic rings. The van der Waals surface area contributed by atoms with Crippen LogP contribution in [0.1, 0.15) is 26.3 Å². The molecule has 7 nitrogen and oxygen atoms in total. The minimum atomic E-state index is -1.25. The molecule has 0 heterocycles. The predicted molar refractivity (Wildman–Crippen MR) is 79.2 cm³/mol. The molecule has 0 unspecified atom stereocenters. The van der Waals surface area contributed by atoms with Crippen LogP contribution < -0.4 is 5.32 Å². The Morgan fingerprint density at radius 2 is 1.77 bits per heavy atom. The normalized spacial score (nSPS) is 10.0. The molecule has 2 N–H and O–H groups in total. The number of anilines is 1. The SMILES string of the molecule is Cc1ccc(NC(=O)c2ccccc2C(=O)O)c([N+](=O)[O-])c1. The first-order valence-electron chi connectivity index (χ1n) is 6.29. The minimum Gasteiger partial charge on any atom is -0.478 e. The first kappa shape index (κ1) is 15.2. The van der Waals surface area contributed by atoms with E-state index in [0.29, 0.717) is 5.56 Å². The summed E-state index contributed by atoms with van der Waals surface area (Å²) in [5.41, 5.74) is 0.206. The van der Waals surface area contributed by atoms with E-state index in [-0.39, 0.29) is 22.5 Å². The molecule has 0 fully saturated rings. The molecular weight excluding hydrogens is 288 g/mol. The number of amides is 1. The summed E-state index contributed by atoms with van der Waals surface area (Å²) in [5.74, 6) is -1.96. The third-order valence-corrected chi connectivity index (χ3v) is 3.00. The van der Waals surface area contributed by atoms with Crippen LogP contribution in [-0.2, 0) is 0 Å². The maximum absolute atomic E-state index is 12.2. The van der Waals surface area contributed by atoms with Gasteiger partial charge < -0.3 is 10.4 Å². The maximum atomic E-state index is 12.2. The van der Waals surface area contributed by atoms with E-state index in [1.807, 2.05) is 0 Å². The van der Waals surface area contributed by atoms with Gasteiger partial charge in [-0.05, 0) is 30.7 Å². The molecule has 0 aliphatic carbocycles. The van der Waals surface area contributed by atoms with Crippen molar-refractivity contribution in [2.45, 2.75) is 6.92 Å². The number of nitrogens with zero attached hydrogens (tertiary/aromatic N) is 1. The van der Waals surface area contributed by atoms with Crippen LogP contribution in [0, 0.1) is 17.0 Å². The van der Waals surface area contributed by atoms with Crippen molar-refractivity contribution < 1.29 is 19.6 Å². The minimum absolute atomic E-state index is 0.0146. The molecule has 0 aromatic heterocycles. The fourth-order valence-electron chi connectivity index (χ4n) is 1.96. The molecule has 1 amide bonds. The maximum Gasteiger partial charge on any atom is 0.336 e. The molecule has 22 heavy (non-hydrogen) atoms. The molecule has 0 saturated heterocycles. The summed E-state index contributed by atoms with van der Waals surface area (Å²) in [6.45, 7) is 1.69. The summed E-state index contributed by atoms with van der Waals surface area (Å²) in [6, 6.07) is 10.0. The van der Waals surface area contributed by atoms with E-state index >= 15 is 0 Å². The number of nitro groups is 1. The van der Waals surface area contributed by atoms with E-state index in [4.69, 9.17) is 5.11 Å². The summed E-state index contributed by atoms with van der Waals surface area (Å²) >= 11 is 0. The number of benzene rings is 2. The molecule has 0 aliphatic rings. The lowest BCUT2D eigenvalue weighted by molar-refractivity contribution is -0.384. The molecule has 0 bridgehead atoms. The highest BCUT2D eigenvalue weighted by atomic mass is 16.6. The van der Waals surface area contributed by atoms with Crippen LogP contribution in [0.2, 0.25) is 0 Å². The van der Waals surface area contributed by atoms with Crippen LogP contribution in [0.25, 0.3) is 0 Å². The highest BCUT2D eigenvalue weighted by Crippen LogP contribution is 2.26. The number of aromatic carboxylic acids is 1. The second-order valence-electron chi connectivity index (χ2n) is 4.58. The number of hydrogen-bond acceptors (Lipinski definition) is 4. The van der Waals surface area contributed by atoms with Crippen molar-refractivity contribution >= 4 is 23.3 Å². The molecule has 0 radical (unpaired) electrons. The zero-order valence-corrected chi connectivity index (χ0v) is 11.6. The highest BCUT2D eigenvalue weighted by Gasteiger charge is 2.20. The molecule has 0 spiro atoms. The molecular formula is C15H12N2O5. The van der Waals surface area contributed by atoms with Crippen molar-refractivity contribution in [3.05, 3.63) is 69.3 Å². The second-order valence-corrected chi connectivity index (χ2v) is 4.58. The Bertz CT molecular complexity index is 770. The van der Waals surface area contributed by atoms with Gasteiger partial charge in [0.15, 0.2) is 0 Å². The van der Waals surface area contributed by atoms with Crippen molar-refractivity contribution in [1.82, 2.24) is 0 Å². The molecule has 0 saturated carbocycles. The Labute approximate surface area is 125 Å². The lowest BCUT2D eigenvalue weighted by Gasteiger charge is -2.08. The van der Waals surface area contributed by atoms with Gasteiger partial charge in [-0.3, -0.25) is 14.9 Å². The Hall–Kier alpha value is -3.22. The largest absolute Gasteiger partial charge is 0.478 e. The lowest BCUT2D eigenvalue weighted by atomic mass is 10.1. The molecule has 2 aromatic carbocycles. The smallest absolute Gasteiger partial charge is 0.336 e.